The highest BCUT2D eigenvalue weighted by Crippen LogP contribution is 2.26. The van der Waals surface area contributed by atoms with Gasteiger partial charge in [0.15, 0.2) is 0 Å². The SMILES string of the molecule is CO[C@@H]1CCN(Cc2csc(-c3cccc(C(=O)O)c3)n2)C1. The number of methoxy groups -OCH3 is 1. The Morgan fingerprint density at radius 3 is 3.14 bits per heavy atom. The molecule has 1 aromatic carbocycles. The van der Waals surface area contributed by atoms with Crippen molar-refractivity contribution < 1.29 is 14.6 Å². The molecule has 116 valence electrons. The van der Waals surface area contributed by atoms with E-state index in [1.165, 1.54) is 0 Å². The number of thiazole rings is 1. The lowest BCUT2D eigenvalue weighted by Gasteiger charge is -2.13. The summed E-state index contributed by atoms with van der Waals surface area (Å²) in [6, 6.07) is 6.91. The van der Waals surface area contributed by atoms with Gasteiger partial charge in [0.25, 0.3) is 0 Å². The lowest BCUT2D eigenvalue weighted by molar-refractivity contribution is 0.0697. The van der Waals surface area contributed by atoms with E-state index < -0.39 is 5.97 Å². The summed E-state index contributed by atoms with van der Waals surface area (Å²) in [7, 11) is 1.75. The summed E-state index contributed by atoms with van der Waals surface area (Å²) in [5.74, 6) is -0.915. The molecule has 1 atom stereocenters. The Morgan fingerprint density at radius 1 is 1.55 bits per heavy atom. The monoisotopic (exact) mass is 318 g/mol. The molecular formula is C16H18N2O3S. The van der Waals surface area contributed by atoms with E-state index in [2.05, 4.69) is 9.88 Å². The molecule has 0 amide bonds. The Balaban J connectivity index is 1.71. The van der Waals surface area contributed by atoms with Crippen LogP contribution in [-0.2, 0) is 11.3 Å². The smallest absolute Gasteiger partial charge is 0.335 e. The Morgan fingerprint density at radius 2 is 2.41 bits per heavy atom. The lowest BCUT2D eigenvalue weighted by Crippen LogP contribution is -2.22. The van der Waals surface area contributed by atoms with Crippen molar-refractivity contribution in [2.24, 2.45) is 0 Å². The minimum absolute atomic E-state index is 0.289. The fourth-order valence-corrected chi connectivity index (χ4v) is 3.47. The summed E-state index contributed by atoms with van der Waals surface area (Å²) in [5, 5.41) is 12.0. The quantitative estimate of drug-likeness (QED) is 0.918. The number of rotatable bonds is 5. The topological polar surface area (TPSA) is 62.7 Å². The second-order valence-corrected chi connectivity index (χ2v) is 6.27. The average molecular weight is 318 g/mol. The third-order valence-corrected chi connectivity index (χ3v) is 4.80. The fourth-order valence-electron chi connectivity index (χ4n) is 2.66. The summed E-state index contributed by atoms with van der Waals surface area (Å²) in [5.41, 5.74) is 2.17. The number of carboxylic acids is 1. The van der Waals surface area contributed by atoms with E-state index in [0.29, 0.717) is 6.10 Å². The molecule has 2 aromatic rings. The van der Waals surface area contributed by atoms with Gasteiger partial charge in [-0.3, -0.25) is 4.90 Å². The molecular weight excluding hydrogens is 300 g/mol. The second-order valence-electron chi connectivity index (χ2n) is 5.41. The Kier molecular flexibility index (Phi) is 4.52. The number of hydrogen-bond donors (Lipinski definition) is 1. The maximum atomic E-state index is 11.0. The largest absolute Gasteiger partial charge is 0.478 e. The van der Waals surface area contributed by atoms with E-state index in [9.17, 15) is 4.79 Å². The highest BCUT2D eigenvalue weighted by Gasteiger charge is 2.22. The fraction of sp³-hybridized carbons (Fsp3) is 0.375. The van der Waals surface area contributed by atoms with E-state index in [1.54, 1.807) is 36.6 Å². The standard InChI is InChI=1S/C16H18N2O3S/c1-21-14-5-6-18(9-14)8-13-10-22-15(17-13)11-3-2-4-12(7-11)16(19)20/h2-4,7,10,14H,5-6,8-9H2,1H3,(H,19,20)/t14-/m1/s1. The summed E-state index contributed by atoms with van der Waals surface area (Å²) in [6.07, 6.45) is 1.39. The van der Waals surface area contributed by atoms with Crippen molar-refractivity contribution in [1.29, 1.82) is 0 Å². The van der Waals surface area contributed by atoms with Gasteiger partial charge >= 0.3 is 5.97 Å². The van der Waals surface area contributed by atoms with Gasteiger partial charge in [-0.2, -0.15) is 0 Å². The highest BCUT2D eigenvalue weighted by atomic mass is 32.1. The summed E-state index contributed by atoms with van der Waals surface area (Å²) >= 11 is 1.55. The molecule has 6 heteroatoms. The number of likely N-dealkylation sites (tertiary alicyclic amines) is 1. The van der Waals surface area contributed by atoms with Gasteiger partial charge in [-0.1, -0.05) is 12.1 Å². The Bertz CT molecular complexity index is 671. The molecule has 1 aliphatic heterocycles. The number of nitrogens with zero attached hydrogens (tertiary/aromatic N) is 2. The van der Waals surface area contributed by atoms with Crippen LogP contribution in [-0.4, -0.2) is 47.3 Å². The minimum Gasteiger partial charge on any atom is -0.478 e. The van der Waals surface area contributed by atoms with Crippen molar-refractivity contribution >= 4 is 17.3 Å². The van der Waals surface area contributed by atoms with Crippen molar-refractivity contribution in [2.75, 3.05) is 20.2 Å². The van der Waals surface area contributed by atoms with Gasteiger partial charge in [0.1, 0.15) is 5.01 Å². The van der Waals surface area contributed by atoms with Crippen LogP contribution >= 0.6 is 11.3 Å². The van der Waals surface area contributed by atoms with Crippen LogP contribution in [0, 0.1) is 0 Å². The zero-order valence-corrected chi connectivity index (χ0v) is 13.2. The number of hydrogen-bond acceptors (Lipinski definition) is 5. The van der Waals surface area contributed by atoms with Gasteiger partial charge in [-0.25, -0.2) is 9.78 Å². The highest BCUT2D eigenvalue weighted by molar-refractivity contribution is 7.13. The maximum absolute atomic E-state index is 11.0. The van der Waals surface area contributed by atoms with E-state index in [4.69, 9.17) is 9.84 Å². The molecule has 1 N–H and O–H groups in total. The van der Waals surface area contributed by atoms with Crippen molar-refractivity contribution in [2.45, 2.75) is 19.1 Å². The molecule has 0 bridgehead atoms. The van der Waals surface area contributed by atoms with Crippen LogP contribution < -0.4 is 0 Å². The minimum atomic E-state index is -0.915. The normalized spacial score (nSPS) is 18.7. The molecule has 3 rings (SSSR count). The van der Waals surface area contributed by atoms with E-state index >= 15 is 0 Å². The van der Waals surface area contributed by atoms with Crippen molar-refractivity contribution in [3.8, 4) is 10.6 Å². The van der Waals surface area contributed by atoms with E-state index in [0.717, 1.165) is 42.3 Å². The number of aromatic carboxylic acids is 1. The molecule has 1 fully saturated rings. The van der Waals surface area contributed by atoms with Crippen molar-refractivity contribution in [3.63, 3.8) is 0 Å². The molecule has 1 saturated heterocycles. The van der Waals surface area contributed by atoms with Gasteiger partial charge in [0.05, 0.1) is 17.4 Å². The molecule has 1 aliphatic rings. The first-order valence-corrected chi connectivity index (χ1v) is 8.07. The zero-order chi connectivity index (χ0) is 15.5. The van der Waals surface area contributed by atoms with E-state index in [1.807, 2.05) is 11.4 Å². The third-order valence-electron chi connectivity index (χ3n) is 3.86. The van der Waals surface area contributed by atoms with Crippen molar-refractivity contribution in [3.05, 3.63) is 40.9 Å². The molecule has 2 heterocycles. The van der Waals surface area contributed by atoms with Crippen molar-refractivity contribution in [1.82, 2.24) is 9.88 Å². The zero-order valence-electron chi connectivity index (χ0n) is 12.4. The number of aromatic nitrogens is 1. The van der Waals surface area contributed by atoms with Crippen LogP contribution in [0.15, 0.2) is 29.6 Å². The van der Waals surface area contributed by atoms with Gasteiger partial charge in [-0.05, 0) is 18.6 Å². The number of carbonyl (C=O) groups is 1. The molecule has 0 spiro atoms. The summed E-state index contributed by atoms with van der Waals surface area (Å²) in [6.45, 7) is 2.78. The number of ether oxygens (including phenoxy) is 1. The van der Waals surface area contributed by atoms with Crippen LogP contribution in [0.5, 0.6) is 0 Å². The van der Waals surface area contributed by atoms with Crippen LogP contribution in [0.1, 0.15) is 22.5 Å². The Hall–Kier alpha value is -1.76. The van der Waals surface area contributed by atoms with Crippen LogP contribution in [0.2, 0.25) is 0 Å². The molecule has 0 radical (unpaired) electrons. The van der Waals surface area contributed by atoms with Gasteiger partial charge in [-0.15, -0.1) is 11.3 Å². The van der Waals surface area contributed by atoms with E-state index in [-0.39, 0.29) is 5.56 Å². The number of benzene rings is 1. The Labute approximate surface area is 133 Å². The lowest BCUT2D eigenvalue weighted by atomic mass is 10.1. The average Bonchev–Trinajstić information content (AvgIpc) is 3.17. The molecule has 5 nitrogen and oxygen atoms in total. The number of carboxylic acid groups (broad SMARTS) is 1. The van der Waals surface area contributed by atoms with Gasteiger partial charge in [0.2, 0.25) is 0 Å². The first-order chi connectivity index (χ1) is 10.7. The van der Waals surface area contributed by atoms with Crippen LogP contribution in [0.3, 0.4) is 0 Å². The van der Waals surface area contributed by atoms with Gasteiger partial charge < -0.3 is 9.84 Å². The molecule has 0 saturated carbocycles. The first-order valence-electron chi connectivity index (χ1n) is 7.19. The first kappa shape index (κ1) is 15.1. The third kappa shape index (κ3) is 3.35. The second kappa shape index (κ2) is 6.56. The van der Waals surface area contributed by atoms with Crippen LogP contribution in [0.4, 0.5) is 0 Å². The summed E-state index contributed by atoms with van der Waals surface area (Å²) in [4.78, 5) is 18.0. The summed E-state index contributed by atoms with van der Waals surface area (Å²) < 4.78 is 5.37. The van der Waals surface area contributed by atoms with Gasteiger partial charge in [0, 0.05) is 37.7 Å². The molecule has 22 heavy (non-hydrogen) atoms. The van der Waals surface area contributed by atoms with Crippen LogP contribution in [0.25, 0.3) is 10.6 Å². The maximum Gasteiger partial charge on any atom is 0.335 e. The molecule has 1 aromatic heterocycles. The molecule has 0 unspecified atom stereocenters. The molecule has 0 aliphatic carbocycles. The predicted octanol–water partition coefficient (Wildman–Crippen LogP) is 2.73. The predicted molar refractivity (Wildman–Crippen MR) is 85.2 cm³/mol.